The average Bonchev–Trinajstić information content (AvgIpc) is 2.87. The van der Waals surface area contributed by atoms with Gasteiger partial charge in [-0.15, -0.1) is 0 Å². The van der Waals surface area contributed by atoms with E-state index in [9.17, 15) is 13.6 Å². The lowest BCUT2D eigenvalue weighted by molar-refractivity contribution is 0.0922. The Balaban J connectivity index is 2.08. The first kappa shape index (κ1) is 13.0. The van der Waals surface area contributed by atoms with Crippen LogP contribution < -0.4 is 16.0 Å². The first-order valence-electron chi connectivity index (χ1n) is 5.27. The normalized spacial score (nSPS) is 10.3. The molecule has 2 rings (SSSR count). The minimum Gasteiger partial charge on any atom is -0.489 e. The Morgan fingerprint density at radius 3 is 2.79 bits per heavy atom. The van der Waals surface area contributed by atoms with Gasteiger partial charge in [0.2, 0.25) is 0 Å². The minimum absolute atomic E-state index is 0.00471. The number of nitrogens with two attached hydrogens (primary N) is 1. The average molecular weight is 268 g/mol. The second-order valence-electron chi connectivity index (χ2n) is 3.61. The fourth-order valence-electron chi connectivity index (χ4n) is 1.44. The molecule has 0 bridgehead atoms. The van der Waals surface area contributed by atoms with E-state index in [0.717, 1.165) is 12.1 Å². The predicted octanol–water partition coefficient (Wildman–Crippen LogP) is 1.74. The van der Waals surface area contributed by atoms with Crippen LogP contribution in [-0.2, 0) is 6.61 Å². The summed E-state index contributed by atoms with van der Waals surface area (Å²) >= 11 is 0. The second kappa shape index (κ2) is 5.49. The quantitative estimate of drug-likeness (QED) is 0.503. The summed E-state index contributed by atoms with van der Waals surface area (Å²) in [6, 6.07) is 4.66. The van der Waals surface area contributed by atoms with E-state index >= 15 is 0 Å². The van der Waals surface area contributed by atoms with E-state index in [1.165, 1.54) is 18.4 Å². The molecule has 0 aliphatic heterocycles. The number of carbonyl (C=O) groups is 1. The van der Waals surface area contributed by atoms with Gasteiger partial charge in [0.25, 0.3) is 0 Å². The number of nitrogens with one attached hydrogen (secondary N) is 1. The lowest BCUT2D eigenvalue weighted by Gasteiger charge is -2.06. The maximum absolute atomic E-state index is 13.0. The smallest absolute Gasteiger partial charge is 0.301 e. The standard InChI is InChI=1S/C12H10F2N2O3/c13-9-2-1-8(5-10(9)14)19-6-7-3-4-18-11(7)12(17)16-15/h1-5H,6,15H2,(H,16,17). The maximum Gasteiger partial charge on any atom is 0.301 e. The maximum atomic E-state index is 13.0. The first-order chi connectivity index (χ1) is 9.11. The highest BCUT2D eigenvalue weighted by Crippen LogP contribution is 2.18. The van der Waals surface area contributed by atoms with E-state index < -0.39 is 17.5 Å². The summed E-state index contributed by atoms with van der Waals surface area (Å²) in [5, 5.41) is 0. The van der Waals surface area contributed by atoms with Gasteiger partial charge < -0.3 is 9.15 Å². The lowest BCUT2D eigenvalue weighted by atomic mass is 10.2. The summed E-state index contributed by atoms with van der Waals surface area (Å²) in [7, 11) is 0. The van der Waals surface area contributed by atoms with E-state index in [4.69, 9.17) is 15.0 Å². The minimum atomic E-state index is -1.01. The van der Waals surface area contributed by atoms with Crippen LogP contribution in [-0.4, -0.2) is 5.91 Å². The fourth-order valence-corrected chi connectivity index (χ4v) is 1.44. The molecule has 1 aromatic heterocycles. The van der Waals surface area contributed by atoms with Crippen LogP contribution in [0.5, 0.6) is 5.75 Å². The molecule has 0 aliphatic carbocycles. The van der Waals surface area contributed by atoms with Gasteiger partial charge in [0, 0.05) is 11.6 Å². The zero-order valence-electron chi connectivity index (χ0n) is 9.65. The summed E-state index contributed by atoms with van der Waals surface area (Å²) in [6.07, 6.45) is 1.30. The molecular formula is C12H10F2N2O3. The zero-order chi connectivity index (χ0) is 13.8. The fraction of sp³-hybridized carbons (Fsp3) is 0.0833. The van der Waals surface area contributed by atoms with E-state index in [0.29, 0.717) is 5.56 Å². The number of amides is 1. The van der Waals surface area contributed by atoms with Gasteiger partial charge in [-0.05, 0) is 18.2 Å². The predicted molar refractivity (Wildman–Crippen MR) is 61.1 cm³/mol. The molecule has 0 saturated heterocycles. The van der Waals surface area contributed by atoms with Gasteiger partial charge in [0.1, 0.15) is 12.4 Å². The van der Waals surface area contributed by atoms with Crippen molar-refractivity contribution in [1.29, 1.82) is 0 Å². The number of ether oxygens (including phenoxy) is 1. The number of carbonyl (C=O) groups excluding carboxylic acids is 1. The third-order valence-corrected chi connectivity index (χ3v) is 2.37. The van der Waals surface area contributed by atoms with Crippen molar-refractivity contribution in [2.24, 2.45) is 5.84 Å². The van der Waals surface area contributed by atoms with Crippen molar-refractivity contribution in [2.75, 3.05) is 0 Å². The summed E-state index contributed by atoms with van der Waals surface area (Å²) in [6.45, 7) is -0.0374. The van der Waals surface area contributed by atoms with Gasteiger partial charge in [0.15, 0.2) is 17.4 Å². The monoisotopic (exact) mass is 268 g/mol. The van der Waals surface area contributed by atoms with Crippen molar-refractivity contribution in [3.05, 3.63) is 53.5 Å². The molecule has 19 heavy (non-hydrogen) atoms. The van der Waals surface area contributed by atoms with Crippen molar-refractivity contribution >= 4 is 5.91 Å². The Hall–Kier alpha value is -2.41. The summed E-state index contributed by atoms with van der Waals surface area (Å²) in [4.78, 5) is 11.3. The van der Waals surface area contributed by atoms with Crippen LogP contribution in [0.2, 0.25) is 0 Å². The van der Waals surface area contributed by atoms with Gasteiger partial charge in [-0.25, -0.2) is 14.6 Å². The summed E-state index contributed by atoms with van der Waals surface area (Å²) in [5.41, 5.74) is 2.36. The van der Waals surface area contributed by atoms with Gasteiger partial charge in [-0.1, -0.05) is 0 Å². The molecule has 5 nitrogen and oxygen atoms in total. The van der Waals surface area contributed by atoms with Crippen molar-refractivity contribution < 1.29 is 22.7 Å². The van der Waals surface area contributed by atoms with Crippen LogP contribution in [0.15, 0.2) is 34.9 Å². The molecule has 1 aromatic carbocycles. The van der Waals surface area contributed by atoms with Crippen LogP contribution in [0, 0.1) is 11.6 Å². The van der Waals surface area contributed by atoms with Gasteiger partial charge in [0.05, 0.1) is 6.26 Å². The third kappa shape index (κ3) is 2.89. The number of hydrogen-bond acceptors (Lipinski definition) is 4. The number of halogens is 2. The molecule has 0 radical (unpaired) electrons. The number of rotatable bonds is 4. The molecular weight excluding hydrogens is 258 g/mol. The molecule has 1 heterocycles. The van der Waals surface area contributed by atoms with Crippen LogP contribution in [0.1, 0.15) is 16.1 Å². The third-order valence-electron chi connectivity index (χ3n) is 2.37. The van der Waals surface area contributed by atoms with Crippen LogP contribution in [0.3, 0.4) is 0 Å². The molecule has 100 valence electrons. The van der Waals surface area contributed by atoms with Gasteiger partial charge >= 0.3 is 5.91 Å². The van der Waals surface area contributed by atoms with E-state index in [1.54, 1.807) is 0 Å². The summed E-state index contributed by atoms with van der Waals surface area (Å²) < 4.78 is 35.8. The molecule has 0 atom stereocenters. The Morgan fingerprint density at radius 1 is 1.32 bits per heavy atom. The molecule has 2 aromatic rings. The molecule has 0 aliphatic rings. The van der Waals surface area contributed by atoms with Crippen LogP contribution >= 0.6 is 0 Å². The molecule has 0 spiro atoms. The topological polar surface area (TPSA) is 77.5 Å². The van der Waals surface area contributed by atoms with Crippen molar-refractivity contribution in [2.45, 2.75) is 6.61 Å². The highest BCUT2D eigenvalue weighted by atomic mass is 19.2. The number of benzene rings is 1. The molecule has 0 fully saturated rings. The Bertz CT molecular complexity index is 598. The SMILES string of the molecule is NNC(=O)c1occc1COc1ccc(F)c(F)c1. The number of hydrogen-bond donors (Lipinski definition) is 2. The van der Waals surface area contributed by atoms with Gasteiger partial charge in [-0.3, -0.25) is 10.2 Å². The summed E-state index contributed by atoms with van der Waals surface area (Å²) in [5.74, 6) is 2.56. The van der Waals surface area contributed by atoms with Crippen LogP contribution in [0.25, 0.3) is 0 Å². The number of furan rings is 1. The highest BCUT2D eigenvalue weighted by molar-refractivity contribution is 5.92. The first-order valence-corrected chi connectivity index (χ1v) is 5.27. The van der Waals surface area contributed by atoms with Crippen molar-refractivity contribution in [3.63, 3.8) is 0 Å². The molecule has 0 saturated carbocycles. The number of nitrogen functional groups attached to an aromatic ring is 1. The Morgan fingerprint density at radius 2 is 2.11 bits per heavy atom. The molecule has 7 heteroatoms. The van der Waals surface area contributed by atoms with Crippen LogP contribution in [0.4, 0.5) is 8.78 Å². The number of hydrazine groups is 1. The molecule has 1 amide bonds. The van der Waals surface area contributed by atoms with E-state index in [1.807, 2.05) is 5.43 Å². The van der Waals surface area contributed by atoms with Gasteiger partial charge in [-0.2, -0.15) is 0 Å². The largest absolute Gasteiger partial charge is 0.489 e. The highest BCUT2D eigenvalue weighted by Gasteiger charge is 2.14. The van der Waals surface area contributed by atoms with E-state index in [-0.39, 0.29) is 18.1 Å². The lowest BCUT2D eigenvalue weighted by Crippen LogP contribution is -2.30. The second-order valence-corrected chi connectivity index (χ2v) is 3.61. The molecule has 3 N–H and O–H groups in total. The zero-order valence-corrected chi connectivity index (χ0v) is 9.65. The van der Waals surface area contributed by atoms with E-state index in [2.05, 4.69) is 0 Å². The van der Waals surface area contributed by atoms with Crippen molar-refractivity contribution in [3.8, 4) is 5.75 Å². The van der Waals surface area contributed by atoms with Crippen molar-refractivity contribution in [1.82, 2.24) is 5.43 Å². The molecule has 0 unspecified atom stereocenters. The Kier molecular flexibility index (Phi) is 3.76. The Labute approximate surface area is 106 Å².